The van der Waals surface area contributed by atoms with Crippen LogP contribution in [-0.2, 0) is 6.54 Å². The van der Waals surface area contributed by atoms with E-state index in [0.717, 1.165) is 23.7 Å². The van der Waals surface area contributed by atoms with E-state index in [9.17, 15) is 4.79 Å². The Kier molecular flexibility index (Phi) is 6.22. The monoisotopic (exact) mass is 463 g/mol. The van der Waals surface area contributed by atoms with Crippen molar-refractivity contribution in [3.63, 3.8) is 0 Å². The third-order valence-electron chi connectivity index (χ3n) is 6.67. The SMILES string of the molecule is C[C@H](NC(=S)N(Cc1cc2cc3c(cc2[nH]c1=O)OCO3)C1CCCCC1)c1ccccc1. The predicted octanol–water partition coefficient (Wildman–Crippen LogP) is 5.03. The molecule has 0 spiro atoms. The van der Waals surface area contributed by atoms with Crippen molar-refractivity contribution in [1.29, 1.82) is 0 Å². The zero-order valence-corrected chi connectivity index (χ0v) is 19.6. The van der Waals surface area contributed by atoms with E-state index in [2.05, 4.69) is 34.3 Å². The van der Waals surface area contributed by atoms with Gasteiger partial charge in [0.2, 0.25) is 6.79 Å². The molecule has 1 aliphatic carbocycles. The molecule has 0 amide bonds. The van der Waals surface area contributed by atoms with Crippen molar-refractivity contribution in [2.24, 2.45) is 0 Å². The number of aromatic amines is 1. The lowest BCUT2D eigenvalue weighted by Crippen LogP contribution is -2.47. The average molecular weight is 464 g/mol. The van der Waals surface area contributed by atoms with Crippen LogP contribution < -0.4 is 20.3 Å². The zero-order chi connectivity index (χ0) is 22.8. The second-order valence-corrected chi connectivity index (χ2v) is 9.30. The number of rotatable bonds is 5. The Labute approximate surface area is 198 Å². The smallest absolute Gasteiger partial charge is 0.253 e. The molecule has 1 fully saturated rings. The minimum atomic E-state index is -0.0962. The van der Waals surface area contributed by atoms with Crippen LogP contribution in [0.4, 0.5) is 0 Å². The summed E-state index contributed by atoms with van der Waals surface area (Å²) >= 11 is 5.90. The first-order chi connectivity index (χ1) is 16.1. The van der Waals surface area contributed by atoms with Crippen molar-refractivity contribution in [3.8, 4) is 11.5 Å². The van der Waals surface area contributed by atoms with E-state index < -0.39 is 0 Å². The highest BCUT2D eigenvalue weighted by atomic mass is 32.1. The molecule has 1 aliphatic heterocycles. The number of hydrogen-bond acceptors (Lipinski definition) is 4. The molecule has 2 heterocycles. The van der Waals surface area contributed by atoms with E-state index in [-0.39, 0.29) is 18.4 Å². The van der Waals surface area contributed by atoms with Crippen LogP contribution in [-0.4, -0.2) is 27.8 Å². The van der Waals surface area contributed by atoms with Gasteiger partial charge in [0, 0.05) is 23.1 Å². The first-order valence-electron chi connectivity index (χ1n) is 11.7. The molecular weight excluding hydrogens is 434 g/mol. The molecule has 1 atom stereocenters. The maximum absolute atomic E-state index is 13.0. The van der Waals surface area contributed by atoms with Crippen LogP contribution in [0.15, 0.2) is 53.3 Å². The quantitative estimate of drug-likeness (QED) is 0.518. The second kappa shape index (κ2) is 9.43. The number of thiocarbonyl (C=S) groups is 1. The standard InChI is InChI=1S/C26H29N3O3S/c1-17(18-8-4-2-5-9-18)27-26(33)29(21-10-6-3-7-11-21)15-20-12-19-13-23-24(32-16-31-23)14-22(19)28-25(20)30/h2,4-5,8-9,12-14,17,21H,3,6-7,10-11,15-16H2,1H3,(H,27,33)(H,28,30)/t17-/m0/s1. The Morgan fingerprint density at radius 1 is 1.12 bits per heavy atom. The highest BCUT2D eigenvalue weighted by Crippen LogP contribution is 2.35. The molecule has 5 rings (SSSR count). The van der Waals surface area contributed by atoms with Crippen LogP contribution in [0.5, 0.6) is 11.5 Å². The number of ether oxygens (including phenoxy) is 2. The largest absolute Gasteiger partial charge is 0.454 e. The molecule has 0 bridgehead atoms. The molecule has 172 valence electrons. The van der Waals surface area contributed by atoms with E-state index in [1.807, 2.05) is 36.4 Å². The van der Waals surface area contributed by atoms with Crippen LogP contribution in [0.3, 0.4) is 0 Å². The average Bonchev–Trinajstić information content (AvgIpc) is 3.29. The number of H-pyrrole nitrogens is 1. The van der Waals surface area contributed by atoms with Crippen LogP contribution in [0, 0.1) is 0 Å². The van der Waals surface area contributed by atoms with E-state index >= 15 is 0 Å². The van der Waals surface area contributed by atoms with Gasteiger partial charge in [-0.25, -0.2) is 0 Å². The fraction of sp³-hybridized carbons (Fsp3) is 0.385. The van der Waals surface area contributed by atoms with Gasteiger partial charge in [0.05, 0.1) is 18.1 Å². The molecular formula is C26H29N3O3S. The summed E-state index contributed by atoms with van der Waals surface area (Å²) in [6, 6.07) is 16.4. The lowest BCUT2D eigenvalue weighted by molar-refractivity contribution is 0.174. The number of hydrogen-bond donors (Lipinski definition) is 2. The van der Waals surface area contributed by atoms with Gasteiger partial charge in [-0.15, -0.1) is 0 Å². The fourth-order valence-electron chi connectivity index (χ4n) is 4.79. The van der Waals surface area contributed by atoms with Crippen LogP contribution >= 0.6 is 12.2 Å². The van der Waals surface area contributed by atoms with Gasteiger partial charge in [-0.05, 0) is 49.7 Å². The summed E-state index contributed by atoms with van der Waals surface area (Å²) < 4.78 is 11.0. The normalized spacial score (nSPS) is 16.5. The van der Waals surface area contributed by atoms with Crippen molar-refractivity contribution in [2.75, 3.05) is 6.79 Å². The van der Waals surface area contributed by atoms with Gasteiger partial charge in [0.15, 0.2) is 16.6 Å². The van der Waals surface area contributed by atoms with Gasteiger partial charge in [-0.3, -0.25) is 4.79 Å². The van der Waals surface area contributed by atoms with Gasteiger partial charge >= 0.3 is 0 Å². The van der Waals surface area contributed by atoms with E-state index in [1.54, 1.807) is 0 Å². The Balaban J connectivity index is 1.42. The highest BCUT2D eigenvalue weighted by molar-refractivity contribution is 7.80. The predicted molar refractivity (Wildman–Crippen MR) is 134 cm³/mol. The molecule has 2 aromatic carbocycles. The maximum atomic E-state index is 13.0. The van der Waals surface area contributed by atoms with Gasteiger partial charge in [0.25, 0.3) is 5.56 Å². The molecule has 1 saturated carbocycles. The third-order valence-corrected chi connectivity index (χ3v) is 7.02. The molecule has 33 heavy (non-hydrogen) atoms. The van der Waals surface area contributed by atoms with Crippen molar-refractivity contribution >= 4 is 28.2 Å². The van der Waals surface area contributed by atoms with Gasteiger partial charge in [-0.2, -0.15) is 0 Å². The Morgan fingerprint density at radius 3 is 2.61 bits per heavy atom. The number of benzene rings is 2. The van der Waals surface area contributed by atoms with Crippen molar-refractivity contribution in [1.82, 2.24) is 15.2 Å². The number of aromatic nitrogens is 1. The van der Waals surface area contributed by atoms with E-state index in [4.69, 9.17) is 21.7 Å². The summed E-state index contributed by atoms with van der Waals surface area (Å²) in [5.74, 6) is 1.37. The minimum absolute atomic E-state index is 0.0828. The van der Waals surface area contributed by atoms with Gasteiger partial charge in [-0.1, -0.05) is 49.6 Å². The molecule has 0 unspecified atom stereocenters. The van der Waals surface area contributed by atoms with Crippen molar-refractivity contribution in [2.45, 2.75) is 57.7 Å². The molecule has 2 aliphatic rings. The maximum Gasteiger partial charge on any atom is 0.253 e. The number of nitrogens with zero attached hydrogens (tertiary/aromatic N) is 1. The van der Waals surface area contributed by atoms with E-state index in [1.165, 1.54) is 24.8 Å². The summed E-state index contributed by atoms with van der Waals surface area (Å²) in [6.45, 7) is 2.79. The van der Waals surface area contributed by atoms with Gasteiger partial charge < -0.3 is 24.7 Å². The number of fused-ring (bicyclic) bond motifs is 2. The van der Waals surface area contributed by atoms with Crippen molar-refractivity contribution in [3.05, 3.63) is 70.0 Å². The van der Waals surface area contributed by atoms with Crippen molar-refractivity contribution < 1.29 is 9.47 Å². The summed E-state index contributed by atoms with van der Waals surface area (Å²) in [4.78, 5) is 18.2. The number of nitrogens with one attached hydrogen (secondary N) is 2. The molecule has 2 N–H and O–H groups in total. The zero-order valence-electron chi connectivity index (χ0n) is 18.8. The first-order valence-corrected chi connectivity index (χ1v) is 12.1. The topological polar surface area (TPSA) is 66.6 Å². The molecule has 6 nitrogen and oxygen atoms in total. The highest BCUT2D eigenvalue weighted by Gasteiger charge is 2.26. The van der Waals surface area contributed by atoms with E-state index in [0.29, 0.717) is 34.8 Å². The number of pyridine rings is 1. The van der Waals surface area contributed by atoms with Crippen LogP contribution in [0.2, 0.25) is 0 Å². The lowest BCUT2D eigenvalue weighted by Gasteiger charge is -2.37. The third kappa shape index (κ3) is 4.69. The first kappa shape index (κ1) is 21.8. The van der Waals surface area contributed by atoms with Gasteiger partial charge in [0.1, 0.15) is 0 Å². The molecule has 1 aromatic heterocycles. The molecule has 0 radical (unpaired) electrons. The van der Waals surface area contributed by atoms with Crippen LogP contribution in [0.25, 0.3) is 10.9 Å². The minimum Gasteiger partial charge on any atom is -0.454 e. The summed E-state index contributed by atoms with van der Waals surface area (Å²) in [5, 5.41) is 5.14. The second-order valence-electron chi connectivity index (χ2n) is 8.92. The Bertz CT molecular complexity index is 1200. The van der Waals surface area contributed by atoms with Crippen LogP contribution in [0.1, 0.15) is 56.2 Å². The summed E-state index contributed by atoms with van der Waals surface area (Å²) in [5.41, 5.74) is 2.53. The lowest BCUT2D eigenvalue weighted by atomic mass is 9.94. The summed E-state index contributed by atoms with van der Waals surface area (Å²) in [6.07, 6.45) is 5.82. The Hall–Kier alpha value is -3.06. The molecule has 0 saturated heterocycles. The molecule has 7 heteroatoms. The fourth-order valence-corrected chi connectivity index (χ4v) is 5.19. The Morgan fingerprint density at radius 2 is 1.85 bits per heavy atom. The summed E-state index contributed by atoms with van der Waals surface area (Å²) in [7, 11) is 0. The molecule has 3 aromatic rings.